The maximum absolute atomic E-state index is 11.1. The molecule has 0 spiro atoms. The second-order valence-electron chi connectivity index (χ2n) is 6.83. The Morgan fingerprint density at radius 2 is 1.90 bits per heavy atom. The third-order valence-electron chi connectivity index (χ3n) is 3.00. The maximum Gasteiger partial charge on any atom is 0.312 e. The first-order chi connectivity index (χ1) is 9.51. The highest BCUT2D eigenvalue weighted by molar-refractivity contribution is 9.10. The van der Waals surface area contributed by atoms with E-state index in [1.165, 1.54) is 0 Å². The van der Waals surface area contributed by atoms with Crippen LogP contribution in [0.5, 0.6) is 5.75 Å². The predicted octanol–water partition coefficient (Wildman–Crippen LogP) is 3.83. The molecule has 0 radical (unpaired) electrons. The zero-order chi connectivity index (χ0) is 16.3. The summed E-state index contributed by atoms with van der Waals surface area (Å²) in [7, 11) is 0. The Morgan fingerprint density at radius 3 is 2.43 bits per heavy atom. The van der Waals surface area contributed by atoms with Gasteiger partial charge in [-0.1, -0.05) is 15.9 Å². The maximum atomic E-state index is 11.1. The summed E-state index contributed by atoms with van der Waals surface area (Å²) in [5.41, 5.74) is 0.0855. The fourth-order valence-corrected chi connectivity index (χ4v) is 1.92. The summed E-state index contributed by atoms with van der Waals surface area (Å²) in [6, 6.07) is 5.74. The molecule has 0 aliphatic rings. The summed E-state index contributed by atoms with van der Waals surface area (Å²) in [4.78, 5) is 11.1. The van der Waals surface area contributed by atoms with E-state index >= 15 is 0 Å². The highest BCUT2D eigenvalue weighted by atomic mass is 79.9. The second-order valence-corrected chi connectivity index (χ2v) is 7.75. The van der Waals surface area contributed by atoms with Crippen molar-refractivity contribution in [1.82, 2.24) is 5.32 Å². The monoisotopic (exact) mass is 357 g/mol. The average molecular weight is 358 g/mol. The van der Waals surface area contributed by atoms with Crippen LogP contribution in [0.15, 0.2) is 22.7 Å². The van der Waals surface area contributed by atoms with Gasteiger partial charge in [0.05, 0.1) is 5.41 Å². The molecule has 118 valence electrons. The highest BCUT2D eigenvalue weighted by Crippen LogP contribution is 2.26. The van der Waals surface area contributed by atoms with Gasteiger partial charge in [0, 0.05) is 22.1 Å². The van der Waals surface area contributed by atoms with Crippen LogP contribution in [0.4, 0.5) is 0 Å². The van der Waals surface area contributed by atoms with E-state index in [1.807, 2.05) is 18.2 Å². The lowest BCUT2D eigenvalue weighted by Crippen LogP contribution is -2.35. The van der Waals surface area contributed by atoms with Crippen LogP contribution in [0.2, 0.25) is 0 Å². The Balaban J connectivity index is 2.84. The normalized spacial score (nSPS) is 12.3. The third kappa shape index (κ3) is 6.06. The molecule has 5 heteroatoms. The molecule has 21 heavy (non-hydrogen) atoms. The molecule has 0 bridgehead atoms. The van der Waals surface area contributed by atoms with E-state index in [0.29, 0.717) is 12.3 Å². The molecule has 0 amide bonds. The summed E-state index contributed by atoms with van der Waals surface area (Å²) in [5.74, 6) is -0.154. The number of rotatable bonds is 6. The van der Waals surface area contributed by atoms with Crippen molar-refractivity contribution in [3.05, 3.63) is 28.2 Å². The summed E-state index contributed by atoms with van der Waals surface area (Å²) < 4.78 is 6.71. The van der Waals surface area contributed by atoms with Crippen LogP contribution in [-0.4, -0.2) is 23.2 Å². The average Bonchev–Trinajstić information content (AvgIpc) is 2.34. The van der Waals surface area contributed by atoms with E-state index in [0.717, 1.165) is 10.0 Å². The van der Waals surface area contributed by atoms with Crippen LogP contribution < -0.4 is 10.1 Å². The minimum absolute atomic E-state index is 0.0000765. The van der Waals surface area contributed by atoms with Crippen LogP contribution in [0.1, 0.15) is 40.2 Å². The van der Waals surface area contributed by atoms with Gasteiger partial charge < -0.3 is 15.2 Å². The molecule has 4 nitrogen and oxygen atoms in total. The van der Waals surface area contributed by atoms with E-state index in [2.05, 4.69) is 42.0 Å². The number of hydrogen-bond acceptors (Lipinski definition) is 3. The molecule has 0 saturated carbocycles. The number of hydrogen-bond donors (Lipinski definition) is 2. The number of carbonyl (C=O) groups is 1. The van der Waals surface area contributed by atoms with Gasteiger partial charge in [-0.3, -0.25) is 4.79 Å². The summed E-state index contributed by atoms with van der Waals surface area (Å²) in [5, 5.41) is 12.6. The van der Waals surface area contributed by atoms with Gasteiger partial charge >= 0.3 is 5.97 Å². The molecule has 0 aliphatic carbocycles. The first kappa shape index (κ1) is 18.0. The SMILES string of the molecule is CC(C)(C)NCc1cc(Br)ccc1OCC(C)(C)C(=O)O. The molecule has 1 rings (SSSR count). The van der Waals surface area contributed by atoms with Crippen molar-refractivity contribution >= 4 is 21.9 Å². The van der Waals surface area contributed by atoms with Crippen LogP contribution in [0.3, 0.4) is 0 Å². The van der Waals surface area contributed by atoms with Gasteiger partial charge in [0.15, 0.2) is 0 Å². The molecular weight excluding hydrogens is 334 g/mol. The molecule has 1 aromatic carbocycles. The third-order valence-corrected chi connectivity index (χ3v) is 3.49. The van der Waals surface area contributed by atoms with E-state index in [4.69, 9.17) is 9.84 Å². The first-order valence-electron chi connectivity index (χ1n) is 6.91. The lowest BCUT2D eigenvalue weighted by Gasteiger charge is -2.23. The Morgan fingerprint density at radius 1 is 1.29 bits per heavy atom. The smallest absolute Gasteiger partial charge is 0.312 e. The Kier molecular flexibility index (Phi) is 5.82. The number of aliphatic carboxylic acids is 1. The molecular formula is C16H24BrNO3. The van der Waals surface area contributed by atoms with Gasteiger partial charge in [0.25, 0.3) is 0 Å². The summed E-state index contributed by atoms with van der Waals surface area (Å²) in [6.45, 7) is 10.4. The second kappa shape index (κ2) is 6.79. The first-order valence-corrected chi connectivity index (χ1v) is 7.70. The van der Waals surface area contributed by atoms with E-state index in [1.54, 1.807) is 13.8 Å². The molecule has 0 aliphatic heterocycles. The fourth-order valence-electron chi connectivity index (χ4n) is 1.51. The van der Waals surface area contributed by atoms with Crippen LogP contribution in [0.25, 0.3) is 0 Å². The molecule has 0 aromatic heterocycles. The van der Waals surface area contributed by atoms with Crippen LogP contribution in [0, 0.1) is 5.41 Å². The van der Waals surface area contributed by atoms with Crippen LogP contribution in [-0.2, 0) is 11.3 Å². The number of ether oxygens (including phenoxy) is 1. The number of nitrogens with one attached hydrogen (secondary N) is 1. The molecule has 0 heterocycles. The summed E-state index contributed by atoms with van der Waals surface area (Å²) >= 11 is 3.45. The Labute approximate surface area is 135 Å². The van der Waals surface area contributed by atoms with Crippen molar-refractivity contribution in [2.24, 2.45) is 5.41 Å². The van der Waals surface area contributed by atoms with Crippen molar-refractivity contribution < 1.29 is 14.6 Å². The molecule has 0 saturated heterocycles. The number of halogens is 1. The standard InChI is InChI=1S/C16H24BrNO3/c1-15(2,3)18-9-11-8-12(17)6-7-13(11)21-10-16(4,5)14(19)20/h6-8,18H,9-10H2,1-5H3,(H,19,20). The van der Waals surface area contributed by atoms with E-state index in [-0.39, 0.29) is 12.1 Å². The lowest BCUT2D eigenvalue weighted by molar-refractivity contribution is -0.148. The van der Waals surface area contributed by atoms with Crippen molar-refractivity contribution in [2.45, 2.75) is 46.7 Å². The van der Waals surface area contributed by atoms with Crippen molar-refractivity contribution in [1.29, 1.82) is 0 Å². The zero-order valence-electron chi connectivity index (χ0n) is 13.3. The van der Waals surface area contributed by atoms with Gasteiger partial charge in [-0.15, -0.1) is 0 Å². The van der Waals surface area contributed by atoms with Crippen molar-refractivity contribution in [3.63, 3.8) is 0 Å². The highest BCUT2D eigenvalue weighted by Gasteiger charge is 2.28. The Bertz CT molecular complexity index is 507. The van der Waals surface area contributed by atoms with Gasteiger partial charge in [-0.2, -0.15) is 0 Å². The van der Waals surface area contributed by atoms with E-state index < -0.39 is 11.4 Å². The zero-order valence-corrected chi connectivity index (χ0v) is 14.9. The summed E-state index contributed by atoms with van der Waals surface area (Å²) in [6.07, 6.45) is 0. The fraction of sp³-hybridized carbons (Fsp3) is 0.562. The number of carboxylic acids is 1. The minimum atomic E-state index is -0.915. The van der Waals surface area contributed by atoms with Gasteiger partial charge in [-0.05, 0) is 52.8 Å². The van der Waals surface area contributed by atoms with Crippen molar-refractivity contribution in [3.8, 4) is 5.75 Å². The predicted molar refractivity (Wildman–Crippen MR) is 87.6 cm³/mol. The molecule has 1 aromatic rings. The number of benzene rings is 1. The van der Waals surface area contributed by atoms with Gasteiger partial charge in [0.2, 0.25) is 0 Å². The van der Waals surface area contributed by atoms with E-state index in [9.17, 15) is 4.79 Å². The molecule has 0 atom stereocenters. The van der Waals surface area contributed by atoms with Crippen molar-refractivity contribution in [2.75, 3.05) is 6.61 Å². The van der Waals surface area contributed by atoms with Gasteiger partial charge in [0.1, 0.15) is 12.4 Å². The largest absolute Gasteiger partial charge is 0.492 e. The minimum Gasteiger partial charge on any atom is -0.492 e. The van der Waals surface area contributed by atoms with Gasteiger partial charge in [-0.25, -0.2) is 0 Å². The quantitative estimate of drug-likeness (QED) is 0.812. The molecule has 0 unspecified atom stereocenters. The Hall–Kier alpha value is -1.07. The number of carboxylic acid groups (broad SMARTS) is 1. The molecule has 2 N–H and O–H groups in total. The molecule has 0 fully saturated rings. The van der Waals surface area contributed by atoms with Crippen LogP contribution >= 0.6 is 15.9 Å². The lowest BCUT2D eigenvalue weighted by atomic mass is 9.95. The topological polar surface area (TPSA) is 58.6 Å².